The van der Waals surface area contributed by atoms with E-state index < -0.39 is 5.82 Å². The maximum Gasteiger partial charge on any atom is 0.140 e. The molecule has 0 fully saturated rings. The second-order valence-corrected chi connectivity index (χ2v) is 3.97. The van der Waals surface area contributed by atoms with E-state index in [1.807, 2.05) is 0 Å². The highest BCUT2D eigenvalue weighted by atomic mass is 32.1. The lowest BCUT2D eigenvalue weighted by atomic mass is 10.2. The molecule has 2 aromatic rings. The lowest BCUT2D eigenvalue weighted by Crippen LogP contribution is -2.13. The van der Waals surface area contributed by atoms with Gasteiger partial charge in [0, 0.05) is 0 Å². The second kappa shape index (κ2) is 5.10. The monoisotopic (exact) mass is 265 g/mol. The molecule has 0 atom stereocenters. The zero-order valence-corrected chi connectivity index (χ0v) is 10.0. The van der Waals surface area contributed by atoms with Crippen molar-refractivity contribution in [3.8, 4) is 11.5 Å². The van der Waals surface area contributed by atoms with Crippen LogP contribution in [-0.4, -0.2) is 4.99 Å². The molecule has 2 aromatic carbocycles. The minimum atomic E-state index is -0.554. The van der Waals surface area contributed by atoms with Crippen LogP contribution < -0.4 is 10.5 Å². The summed E-state index contributed by atoms with van der Waals surface area (Å²) in [6.07, 6.45) is 0. The van der Waals surface area contributed by atoms with Crippen LogP contribution in [0.15, 0.2) is 42.5 Å². The van der Waals surface area contributed by atoms with Gasteiger partial charge in [0.25, 0.3) is 0 Å². The quantitative estimate of drug-likeness (QED) is 0.864. The van der Waals surface area contributed by atoms with Gasteiger partial charge in [0.15, 0.2) is 0 Å². The van der Waals surface area contributed by atoms with Crippen molar-refractivity contribution < 1.29 is 13.5 Å². The van der Waals surface area contributed by atoms with E-state index in [9.17, 15) is 8.78 Å². The van der Waals surface area contributed by atoms with Gasteiger partial charge in [-0.1, -0.05) is 18.3 Å². The molecule has 92 valence electrons. The van der Waals surface area contributed by atoms with Crippen molar-refractivity contribution in [1.29, 1.82) is 0 Å². The number of hydrogen-bond donors (Lipinski definition) is 1. The SMILES string of the molecule is NC(=S)c1c(F)cccc1Oc1ccc(F)cc1. The molecule has 2 rings (SSSR count). The highest BCUT2D eigenvalue weighted by Gasteiger charge is 2.12. The molecule has 0 aliphatic heterocycles. The van der Waals surface area contributed by atoms with Crippen LogP contribution >= 0.6 is 12.2 Å². The highest BCUT2D eigenvalue weighted by Crippen LogP contribution is 2.27. The van der Waals surface area contributed by atoms with Crippen LogP contribution in [0.4, 0.5) is 8.78 Å². The minimum absolute atomic E-state index is 0.0387. The molecule has 0 aliphatic carbocycles. The van der Waals surface area contributed by atoms with Gasteiger partial charge in [-0.05, 0) is 36.4 Å². The summed E-state index contributed by atoms with van der Waals surface area (Å²) in [4.78, 5) is -0.0924. The molecule has 0 heterocycles. The van der Waals surface area contributed by atoms with Crippen LogP contribution in [0.25, 0.3) is 0 Å². The molecule has 0 aromatic heterocycles. The zero-order valence-electron chi connectivity index (χ0n) is 9.19. The van der Waals surface area contributed by atoms with Gasteiger partial charge in [-0.15, -0.1) is 0 Å². The maximum absolute atomic E-state index is 13.6. The molecule has 0 spiro atoms. The number of nitrogens with two attached hydrogens (primary N) is 1. The molecule has 0 amide bonds. The number of benzene rings is 2. The van der Waals surface area contributed by atoms with Crippen molar-refractivity contribution in [1.82, 2.24) is 0 Å². The van der Waals surface area contributed by atoms with Crippen molar-refractivity contribution in [2.45, 2.75) is 0 Å². The lowest BCUT2D eigenvalue weighted by Gasteiger charge is -2.10. The van der Waals surface area contributed by atoms with E-state index >= 15 is 0 Å². The maximum atomic E-state index is 13.6. The summed E-state index contributed by atoms with van der Waals surface area (Å²) in [6, 6.07) is 9.63. The van der Waals surface area contributed by atoms with E-state index in [1.54, 1.807) is 6.07 Å². The summed E-state index contributed by atoms with van der Waals surface area (Å²) in [5, 5.41) is 0. The molecule has 0 saturated heterocycles. The first kappa shape index (κ1) is 12.4. The number of ether oxygens (including phenoxy) is 1. The fourth-order valence-electron chi connectivity index (χ4n) is 1.46. The van der Waals surface area contributed by atoms with Crippen molar-refractivity contribution >= 4 is 17.2 Å². The Morgan fingerprint density at radius 1 is 1.06 bits per heavy atom. The lowest BCUT2D eigenvalue weighted by molar-refractivity contribution is 0.473. The van der Waals surface area contributed by atoms with Crippen molar-refractivity contribution in [3.05, 3.63) is 59.7 Å². The summed E-state index contributed by atoms with van der Waals surface area (Å²) >= 11 is 4.77. The van der Waals surface area contributed by atoms with Gasteiger partial charge in [0.2, 0.25) is 0 Å². The van der Waals surface area contributed by atoms with Crippen molar-refractivity contribution in [2.24, 2.45) is 5.73 Å². The fraction of sp³-hybridized carbons (Fsp3) is 0. The molecule has 0 unspecified atom stereocenters. The third kappa shape index (κ3) is 2.62. The molecule has 18 heavy (non-hydrogen) atoms. The summed E-state index contributed by atoms with van der Waals surface area (Å²) in [5.74, 6) is -0.355. The highest BCUT2D eigenvalue weighted by molar-refractivity contribution is 7.80. The van der Waals surface area contributed by atoms with Crippen LogP contribution in [-0.2, 0) is 0 Å². The molecular weight excluding hydrogens is 256 g/mol. The van der Waals surface area contributed by atoms with Crippen molar-refractivity contribution in [2.75, 3.05) is 0 Å². The molecule has 5 heteroatoms. The summed E-state index contributed by atoms with van der Waals surface area (Å²) < 4.78 is 31.7. The zero-order chi connectivity index (χ0) is 13.1. The van der Waals surface area contributed by atoms with Crippen LogP contribution in [0, 0.1) is 11.6 Å². The Balaban J connectivity index is 2.37. The molecule has 2 nitrogen and oxygen atoms in total. The molecule has 0 saturated carbocycles. The first-order valence-electron chi connectivity index (χ1n) is 5.09. The van der Waals surface area contributed by atoms with Crippen LogP contribution in [0.2, 0.25) is 0 Å². The van der Waals surface area contributed by atoms with E-state index in [2.05, 4.69) is 0 Å². The standard InChI is InChI=1S/C13H9F2NOS/c14-8-4-6-9(7-5-8)17-11-3-1-2-10(15)12(11)13(16)18/h1-7H,(H2,16,18). The summed E-state index contributed by atoms with van der Waals surface area (Å²) in [5.41, 5.74) is 5.48. The average molecular weight is 265 g/mol. The van der Waals surface area contributed by atoms with Gasteiger partial charge in [-0.3, -0.25) is 0 Å². The summed E-state index contributed by atoms with van der Waals surface area (Å²) in [7, 11) is 0. The second-order valence-electron chi connectivity index (χ2n) is 3.53. The third-order valence-corrected chi connectivity index (χ3v) is 2.47. The Morgan fingerprint density at radius 2 is 1.72 bits per heavy atom. The van der Waals surface area contributed by atoms with Gasteiger partial charge in [0.1, 0.15) is 28.1 Å². The number of hydrogen-bond acceptors (Lipinski definition) is 2. The third-order valence-electron chi connectivity index (χ3n) is 2.26. The van der Waals surface area contributed by atoms with Crippen LogP contribution in [0.3, 0.4) is 0 Å². The Bertz CT molecular complexity index is 584. The topological polar surface area (TPSA) is 35.2 Å². The van der Waals surface area contributed by atoms with E-state index in [0.717, 1.165) is 0 Å². The predicted octanol–water partition coefficient (Wildman–Crippen LogP) is 3.39. The first-order chi connectivity index (χ1) is 8.58. The predicted molar refractivity (Wildman–Crippen MR) is 68.8 cm³/mol. The van der Waals surface area contributed by atoms with Gasteiger partial charge in [0.05, 0.1) is 5.56 Å². The number of halogens is 2. The fourth-order valence-corrected chi connectivity index (χ4v) is 1.66. The number of thiocarbonyl (C=S) groups is 1. The van der Waals surface area contributed by atoms with Gasteiger partial charge in [-0.2, -0.15) is 0 Å². The van der Waals surface area contributed by atoms with Gasteiger partial charge in [-0.25, -0.2) is 8.78 Å². The molecule has 0 aliphatic rings. The van der Waals surface area contributed by atoms with E-state index in [1.165, 1.54) is 36.4 Å². The average Bonchev–Trinajstić information content (AvgIpc) is 2.32. The summed E-state index contributed by atoms with van der Waals surface area (Å²) in [6.45, 7) is 0. The van der Waals surface area contributed by atoms with Gasteiger partial charge >= 0.3 is 0 Å². The Kier molecular flexibility index (Phi) is 3.53. The van der Waals surface area contributed by atoms with Crippen LogP contribution in [0.1, 0.15) is 5.56 Å². The Morgan fingerprint density at radius 3 is 2.33 bits per heavy atom. The molecular formula is C13H9F2NOS. The largest absolute Gasteiger partial charge is 0.457 e. The minimum Gasteiger partial charge on any atom is -0.457 e. The smallest absolute Gasteiger partial charge is 0.140 e. The Hall–Kier alpha value is -2.01. The van der Waals surface area contributed by atoms with Crippen LogP contribution in [0.5, 0.6) is 11.5 Å². The van der Waals surface area contributed by atoms with Crippen molar-refractivity contribution in [3.63, 3.8) is 0 Å². The molecule has 0 radical (unpaired) electrons. The number of rotatable bonds is 3. The molecule has 2 N–H and O–H groups in total. The Labute approximate surface area is 108 Å². The van der Waals surface area contributed by atoms with E-state index in [-0.39, 0.29) is 22.1 Å². The first-order valence-corrected chi connectivity index (χ1v) is 5.50. The normalized spacial score (nSPS) is 10.1. The molecule has 0 bridgehead atoms. The van der Waals surface area contributed by atoms with E-state index in [4.69, 9.17) is 22.7 Å². The van der Waals surface area contributed by atoms with E-state index in [0.29, 0.717) is 5.75 Å². The van der Waals surface area contributed by atoms with Gasteiger partial charge < -0.3 is 10.5 Å².